The average Bonchev–Trinajstić information content (AvgIpc) is 2.86. The van der Waals surface area contributed by atoms with Gasteiger partial charge < -0.3 is 10.4 Å². The van der Waals surface area contributed by atoms with Gasteiger partial charge in [-0.1, -0.05) is 91.0 Å². The zero-order valence-electron chi connectivity index (χ0n) is 19.2. The van der Waals surface area contributed by atoms with E-state index in [-0.39, 0.29) is 23.3 Å². The Morgan fingerprint density at radius 1 is 0.765 bits per heavy atom. The van der Waals surface area contributed by atoms with Gasteiger partial charge in [0.25, 0.3) is 5.91 Å². The van der Waals surface area contributed by atoms with Gasteiger partial charge in [0.2, 0.25) is 0 Å². The predicted octanol–water partition coefficient (Wildman–Crippen LogP) is 6.60. The summed E-state index contributed by atoms with van der Waals surface area (Å²) in [4.78, 5) is 15.6. The number of hydrogen-bond acceptors (Lipinski definition) is 3. The second-order valence-electron chi connectivity index (χ2n) is 8.67. The number of carbonyl (C=O) groups excluding carboxylic acids is 1. The number of fused-ring (bicyclic) bond motifs is 2. The van der Waals surface area contributed by atoms with Crippen molar-refractivity contribution in [3.63, 3.8) is 0 Å². The van der Waals surface area contributed by atoms with Crippen molar-refractivity contribution in [2.45, 2.75) is 6.04 Å². The summed E-state index contributed by atoms with van der Waals surface area (Å²) >= 11 is 0. The Bertz CT molecular complexity index is 1490. The molecule has 0 heterocycles. The first-order chi connectivity index (χ1) is 16.5. The number of carbonyl (C=O) groups is 1. The van der Waals surface area contributed by atoms with Gasteiger partial charge in [0, 0.05) is 16.6 Å². The van der Waals surface area contributed by atoms with Gasteiger partial charge in [-0.25, -0.2) is 0 Å². The number of phenolic OH excluding ortho intramolecular Hbond substituents is 1. The van der Waals surface area contributed by atoms with Crippen LogP contribution in [0.25, 0.3) is 21.5 Å². The fourth-order valence-electron chi connectivity index (χ4n) is 4.70. The number of phenols is 1. The highest BCUT2D eigenvalue weighted by Crippen LogP contribution is 2.41. The summed E-state index contributed by atoms with van der Waals surface area (Å²) in [6.07, 6.45) is 0. The van der Waals surface area contributed by atoms with Crippen LogP contribution in [0.4, 0.5) is 5.69 Å². The highest BCUT2D eigenvalue weighted by molar-refractivity contribution is 6.12. The summed E-state index contributed by atoms with van der Waals surface area (Å²) in [7, 11) is 3.96. The van der Waals surface area contributed by atoms with Crippen LogP contribution in [0.1, 0.15) is 27.5 Å². The minimum Gasteiger partial charge on any atom is -0.507 e. The van der Waals surface area contributed by atoms with E-state index in [2.05, 4.69) is 10.2 Å². The minimum absolute atomic E-state index is 0.000935. The summed E-state index contributed by atoms with van der Waals surface area (Å²) in [5.74, 6) is -0.342. The van der Waals surface area contributed by atoms with Gasteiger partial charge in [-0.3, -0.25) is 9.69 Å². The lowest BCUT2D eigenvalue weighted by Crippen LogP contribution is -2.22. The molecule has 1 atom stereocenters. The molecular formula is C30H26N2O2. The van der Waals surface area contributed by atoms with Crippen LogP contribution < -0.4 is 5.32 Å². The summed E-state index contributed by atoms with van der Waals surface area (Å²) < 4.78 is 0. The van der Waals surface area contributed by atoms with Crippen LogP contribution in [0.15, 0.2) is 103 Å². The Balaban J connectivity index is 1.67. The van der Waals surface area contributed by atoms with Crippen molar-refractivity contribution < 1.29 is 9.90 Å². The molecule has 0 fully saturated rings. The molecule has 0 aliphatic carbocycles. The molecule has 1 amide bonds. The van der Waals surface area contributed by atoms with Crippen molar-refractivity contribution in [2.24, 2.45) is 0 Å². The molecule has 0 aliphatic rings. The van der Waals surface area contributed by atoms with Gasteiger partial charge in [0.15, 0.2) is 0 Å². The van der Waals surface area contributed by atoms with Crippen LogP contribution in [0.2, 0.25) is 0 Å². The van der Waals surface area contributed by atoms with E-state index in [0.717, 1.165) is 32.7 Å². The molecule has 0 spiro atoms. The molecule has 0 aromatic heterocycles. The van der Waals surface area contributed by atoms with Gasteiger partial charge in [-0.15, -0.1) is 0 Å². The number of aromatic hydroxyl groups is 1. The third-order valence-corrected chi connectivity index (χ3v) is 6.25. The standard InChI is InChI=1S/C30H26N2O2/c1-32(2)28(21-12-4-3-5-13-21)27-24-17-9-7-14-22(24)19-25(29(27)33)30(34)31-26-18-10-15-20-11-6-8-16-23(20)26/h3-19,28,33H,1-2H3,(H,31,34). The third-order valence-electron chi connectivity index (χ3n) is 6.25. The number of nitrogens with one attached hydrogen (secondary N) is 1. The maximum atomic E-state index is 13.5. The van der Waals surface area contributed by atoms with Crippen molar-refractivity contribution in [1.82, 2.24) is 4.90 Å². The molecule has 2 N–H and O–H groups in total. The number of benzene rings is 5. The first kappa shape index (κ1) is 21.7. The molecule has 5 rings (SSSR count). The van der Waals surface area contributed by atoms with Gasteiger partial charge in [-0.05, 0) is 48.0 Å². The Labute approximate surface area is 199 Å². The monoisotopic (exact) mass is 446 g/mol. The number of nitrogens with zero attached hydrogens (tertiary/aromatic N) is 1. The van der Waals surface area contributed by atoms with E-state index in [9.17, 15) is 9.90 Å². The molecule has 5 aromatic carbocycles. The predicted molar refractivity (Wildman–Crippen MR) is 139 cm³/mol. The number of anilines is 1. The second-order valence-corrected chi connectivity index (χ2v) is 8.67. The zero-order valence-corrected chi connectivity index (χ0v) is 19.2. The van der Waals surface area contributed by atoms with Crippen molar-refractivity contribution in [1.29, 1.82) is 0 Å². The SMILES string of the molecule is CN(C)C(c1ccccc1)c1c(O)c(C(=O)Nc2cccc3ccccc23)cc2ccccc12. The topological polar surface area (TPSA) is 52.6 Å². The van der Waals surface area contributed by atoms with E-state index in [1.54, 1.807) is 6.07 Å². The fourth-order valence-corrected chi connectivity index (χ4v) is 4.70. The van der Waals surface area contributed by atoms with Crippen molar-refractivity contribution in [3.05, 3.63) is 120 Å². The Hall–Kier alpha value is -4.15. The van der Waals surface area contributed by atoms with Crippen LogP contribution in [0.3, 0.4) is 0 Å². The Kier molecular flexibility index (Phi) is 5.74. The lowest BCUT2D eigenvalue weighted by molar-refractivity contribution is 0.102. The van der Waals surface area contributed by atoms with Crippen LogP contribution in [0.5, 0.6) is 5.75 Å². The van der Waals surface area contributed by atoms with Crippen molar-refractivity contribution >= 4 is 33.1 Å². The van der Waals surface area contributed by atoms with Gasteiger partial charge >= 0.3 is 0 Å². The highest BCUT2D eigenvalue weighted by atomic mass is 16.3. The molecule has 4 nitrogen and oxygen atoms in total. The molecule has 0 radical (unpaired) electrons. The summed E-state index contributed by atoms with van der Waals surface area (Å²) in [5.41, 5.74) is 2.73. The number of amides is 1. The van der Waals surface area contributed by atoms with E-state index in [1.807, 2.05) is 111 Å². The maximum absolute atomic E-state index is 13.5. The molecule has 0 saturated heterocycles. The Morgan fingerprint density at radius 3 is 2.12 bits per heavy atom. The molecule has 0 bridgehead atoms. The smallest absolute Gasteiger partial charge is 0.259 e. The molecule has 0 aliphatic heterocycles. The fraction of sp³-hybridized carbons (Fsp3) is 0.100. The van der Waals surface area contributed by atoms with Gasteiger partial charge in [-0.2, -0.15) is 0 Å². The minimum atomic E-state index is -0.341. The van der Waals surface area contributed by atoms with Crippen molar-refractivity contribution in [3.8, 4) is 5.75 Å². The van der Waals surface area contributed by atoms with Crippen LogP contribution >= 0.6 is 0 Å². The van der Waals surface area contributed by atoms with Crippen LogP contribution in [-0.2, 0) is 0 Å². The van der Waals surface area contributed by atoms with Crippen molar-refractivity contribution in [2.75, 3.05) is 19.4 Å². The van der Waals surface area contributed by atoms with E-state index < -0.39 is 0 Å². The zero-order chi connectivity index (χ0) is 23.7. The molecule has 0 saturated carbocycles. The molecule has 5 aromatic rings. The van der Waals surface area contributed by atoms with Crippen LogP contribution in [-0.4, -0.2) is 30.0 Å². The molecule has 1 unspecified atom stereocenters. The Morgan fingerprint density at radius 2 is 1.38 bits per heavy atom. The quantitative estimate of drug-likeness (QED) is 0.320. The van der Waals surface area contributed by atoms with E-state index >= 15 is 0 Å². The molecular weight excluding hydrogens is 420 g/mol. The number of rotatable bonds is 5. The normalized spacial score (nSPS) is 12.2. The summed E-state index contributed by atoms with van der Waals surface area (Å²) in [5, 5.41) is 18.4. The van der Waals surface area contributed by atoms with Crippen LogP contribution in [0, 0.1) is 0 Å². The average molecular weight is 447 g/mol. The first-order valence-corrected chi connectivity index (χ1v) is 11.3. The molecule has 34 heavy (non-hydrogen) atoms. The molecule has 168 valence electrons. The van der Waals surface area contributed by atoms with Gasteiger partial charge in [0.1, 0.15) is 5.75 Å². The first-order valence-electron chi connectivity index (χ1n) is 11.3. The van der Waals surface area contributed by atoms with E-state index in [0.29, 0.717) is 5.69 Å². The number of hydrogen-bond donors (Lipinski definition) is 2. The lowest BCUT2D eigenvalue weighted by atomic mass is 9.89. The lowest BCUT2D eigenvalue weighted by Gasteiger charge is -2.28. The third kappa shape index (κ3) is 3.89. The molecule has 4 heteroatoms. The largest absolute Gasteiger partial charge is 0.507 e. The second kappa shape index (κ2) is 9.00. The summed E-state index contributed by atoms with van der Waals surface area (Å²) in [6, 6.07) is 33.2. The maximum Gasteiger partial charge on any atom is 0.259 e. The summed E-state index contributed by atoms with van der Waals surface area (Å²) in [6.45, 7) is 0. The van der Waals surface area contributed by atoms with E-state index in [4.69, 9.17) is 0 Å². The van der Waals surface area contributed by atoms with E-state index in [1.165, 1.54) is 0 Å². The van der Waals surface area contributed by atoms with Gasteiger partial charge in [0.05, 0.1) is 11.6 Å². The highest BCUT2D eigenvalue weighted by Gasteiger charge is 2.26.